The summed E-state index contributed by atoms with van der Waals surface area (Å²) in [5, 5.41) is 17.5. The molecule has 6 nitrogen and oxygen atoms in total. The molecule has 0 saturated heterocycles. The Balaban J connectivity index is 1.75. The number of hydrogen-bond donors (Lipinski definition) is 1. The Bertz CT molecular complexity index is 575. The zero-order valence-corrected chi connectivity index (χ0v) is 13.6. The van der Waals surface area contributed by atoms with Gasteiger partial charge in [-0.2, -0.15) is 0 Å². The molecular formula is C14H16N2O4S2. The Labute approximate surface area is 136 Å². The lowest BCUT2D eigenvalue weighted by Crippen LogP contribution is -2.20. The lowest BCUT2D eigenvalue weighted by atomic mass is 10.2. The van der Waals surface area contributed by atoms with Crippen LogP contribution in [0.1, 0.15) is 17.3 Å². The summed E-state index contributed by atoms with van der Waals surface area (Å²) < 4.78 is 11.2. The molecule has 2 rings (SSSR count). The van der Waals surface area contributed by atoms with Gasteiger partial charge in [0.05, 0.1) is 18.3 Å². The van der Waals surface area contributed by atoms with Crippen molar-refractivity contribution in [3.05, 3.63) is 35.3 Å². The van der Waals surface area contributed by atoms with Gasteiger partial charge in [-0.05, 0) is 31.2 Å². The van der Waals surface area contributed by atoms with Crippen LogP contribution in [0.15, 0.2) is 34.1 Å². The number of thioether (sulfide) groups is 1. The third kappa shape index (κ3) is 5.28. The fourth-order valence-electron chi connectivity index (χ4n) is 1.54. The molecule has 0 aliphatic rings. The Kier molecular flexibility index (Phi) is 6.63. The minimum absolute atomic E-state index is 0.171. The normalized spacial score (nSPS) is 11.9. The maximum absolute atomic E-state index is 11.5. The van der Waals surface area contributed by atoms with E-state index in [0.29, 0.717) is 23.7 Å². The fourth-order valence-corrected chi connectivity index (χ4v) is 2.96. The van der Waals surface area contributed by atoms with Crippen LogP contribution in [0.4, 0.5) is 0 Å². The van der Waals surface area contributed by atoms with Gasteiger partial charge in [-0.15, -0.1) is 10.2 Å². The largest absolute Gasteiger partial charge is 0.491 e. The molecule has 0 fully saturated rings. The zero-order valence-electron chi connectivity index (χ0n) is 12.0. The molecule has 0 unspecified atom stereocenters. The lowest BCUT2D eigenvalue weighted by molar-refractivity contribution is 0.0526. The first kappa shape index (κ1) is 16.7. The summed E-state index contributed by atoms with van der Waals surface area (Å²) in [6.07, 6.45) is -0.612. The highest BCUT2D eigenvalue weighted by atomic mass is 32.2. The summed E-state index contributed by atoms with van der Waals surface area (Å²) in [7, 11) is 0. The van der Waals surface area contributed by atoms with Gasteiger partial charge in [0.1, 0.15) is 17.9 Å². The minimum atomic E-state index is -0.612. The molecular weight excluding hydrogens is 324 g/mol. The number of carbonyl (C=O) groups is 1. The molecule has 0 aliphatic heterocycles. The van der Waals surface area contributed by atoms with Gasteiger partial charge in [-0.25, -0.2) is 4.79 Å². The number of rotatable bonds is 8. The molecule has 0 bridgehead atoms. The van der Waals surface area contributed by atoms with Crippen LogP contribution in [0, 0.1) is 0 Å². The number of benzene rings is 1. The van der Waals surface area contributed by atoms with Gasteiger partial charge in [-0.3, -0.25) is 0 Å². The van der Waals surface area contributed by atoms with Crippen LogP contribution in [-0.2, 0) is 4.74 Å². The summed E-state index contributed by atoms with van der Waals surface area (Å²) >= 11 is 2.87. The third-order valence-corrected chi connectivity index (χ3v) is 4.55. The number of nitrogens with zero attached hydrogens (tertiary/aromatic N) is 2. The molecule has 0 radical (unpaired) electrons. The molecule has 1 aromatic carbocycles. The molecule has 0 amide bonds. The van der Waals surface area contributed by atoms with Gasteiger partial charge in [-0.1, -0.05) is 23.1 Å². The second-order valence-corrected chi connectivity index (χ2v) is 6.33. The molecule has 1 aromatic heterocycles. The van der Waals surface area contributed by atoms with Crippen molar-refractivity contribution in [3.8, 4) is 5.75 Å². The van der Waals surface area contributed by atoms with E-state index in [4.69, 9.17) is 9.47 Å². The highest BCUT2D eigenvalue weighted by Crippen LogP contribution is 2.20. The molecule has 118 valence electrons. The zero-order chi connectivity index (χ0) is 15.8. The first-order valence-electron chi connectivity index (χ1n) is 6.66. The smallest absolute Gasteiger partial charge is 0.338 e. The Morgan fingerprint density at radius 3 is 2.82 bits per heavy atom. The SMILES string of the molecule is CCOC(=O)c1ccc(OC[C@H](O)CSc2nncs2)cc1. The first-order valence-corrected chi connectivity index (χ1v) is 8.52. The highest BCUT2D eigenvalue weighted by Gasteiger charge is 2.09. The van der Waals surface area contributed by atoms with Crippen LogP contribution < -0.4 is 4.74 Å². The number of aromatic nitrogens is 2. The van der Waals surface area contributed by atoms with Crippen molar-refractivity contribution in [3.63, 3.8) is 0 Å². The van der Waals surface area contributed by atoms with Crippen molar-refractivity contribution in [2.75, 3.05) is 19.0 Å². The molecule has 1 heterocycles. The summed E-state index contributed by atoms with van der Waals surface area (Å²) in [6.45, 7) is 2.27. The molecule has 0 aliphatic carbocycles. The number of carbonyl (C=O) groups excluding carboxylic acids is 1. The van der Waals surface area contributed by atoms with E-state index < -0.39 is 6.10 Å². The van der Waals surface area contributed by atoms with E-state index in [1.165, 1.54) is 23.1 Å². The molecule has 1 N–H and O–H groups in total. The van der Waals surface area contributed by atoms with Crippen LogP contribution in [0.5, 0.6) is 5.75 Å². The number of hydrogen-bond acceptors (Lipinski definition) is 8. The van der Waals surface area contributed by atoms with Gasteiger partial charge in [0.25, 0.3) is 0 Å². The monoisotopic (exact) mass is 340 g/mol. The number of aliphatic hydroxyl groups excluding tert-OH is 1. The molecule has 22 heavy (non-hydrogen) atoms. The summed E-state index contributed by atoms with van der Waals surface area (Å²) in [5.74, 6) is 0.714. The van der Waals surface area contributed by atoms with Crippen LogP contribution >= 0.6 is 23.1 Å². The molecule has 2 aromatic rings. The van der Waals surface area contributed by atoms with E-state index in [0.717, 1.165) is 4.34 Å². The van der Waals surface area contributed by atoms with Crippen molar-refractivity contribution in [2.24, 2.45) is 0 Å². The Morgan fingerprint density at radius 1 is 1.41 bits per heavy atom. The topological polar surface area (TPSA) is 81.5 Å². The Hall–Kier alpha value is -1.64. The highest BCUT2D eigenvalue weighted by molar-refractivity contribution is 8.01. The van der Waals surface area contributed by atoms with Crippen LogP contribution in [0.2, 0.25) is 0 Å². The molecule has 8 heteroatoms. The van der Waals surface area contributed by atoms with Gasteiger partial charge in [0.15, 0.2) is 4.34 Å². The van der Waals surface area contributed by atoms with Gasteiger partial charge in [0.2, 0.25) is 0 Å². The maximum atomic E-state index is 11.5. The lowest BCUT2D eigenvalue weighted by Gasteiger charge is -2.11. The van der Waals surface area contributed by atoms with Crippen molar-refractivity contribution < 1.29 is 19.4 Å². The van der Waals surface area contributed by atoms with Crippen LogP contribution in [0.3, 0.4) is 0 Å². The van der Waals surface area contributed by atoms with Crippen LogP contribution in [-0.4, -0.2) is 46.3 Å². The standard InChI is InChI=1S/C14H16N2O4S2/c1-2-19-13(18)10-3-5-12(6-4-10)20-7-11(17)8-21-14-16-15-9-22-14/h3-6,9,11,17H,2,7-8H2,1H3/t11-/m0/s1. The molecule has 0 saturated carbocycles. The number of ether oxygens (including phenoxy) is 2. The van der Waals surface area contributed by atoms with E-state index in [1.807, 2.05) is 0 Å². The number of esters is 1. The van der Waals surface area contributed by atoms with Crippen LogP contribution in [0.25, 0.3) is 0 Å². The predicted octanol–water partition coefficient (Wildman–Crippen LogP) is 2.25. The summed E-state index contributed by atoms with van der Waals surface area (Å²) in [5.41, 5.74) is 2.12. The Morgan fingerprint density at radius 2 is 2.18 bits per heavy atom. The van der Waals surface area contributed by atoms with E-state index in [-0.39, 0.29) is 12.6 Å². The first-order chi connectivity index (χ1) is 10.7. The second-order valence-electron chi connectivity index (χ2n) is 4.23. The molecule has 1 atom stereocenters. The van der Waals surface area contributed by atoms with E-state index in [9.17, 15) is 9.90 Å². The van der Waals surface area contributed by atoms with Gasteiger partial charge in [0, 0.05) is 5.75 Å². The average molecular weight is 340 g/mol. The quantitative estimate of drug-likeness (QED) is 0.583. The summed E-state index contributed by atoms with van der Waals surface area (Å²) in [6, 6.07) is 6.62. The second kappa shape index (κ2) is 8.72. The van der Waals surface area contributed by atoms with Crippen molar-refractivity contribution in [1.82, 2.24) is 10.2 Å². The average Bonchev–Trinajstić information content (AvgIpc) is 3.05. The van der Waals surface area contributed by atoms with Crippen molar-refractivity contribution in [2.45, 2.75) is 17.4 Å². The maximum Gasteiger partial charge on any atom is 0.338 e. The third-order valence-electron chi connectivity index (χ3n) is 2.55. The van der Waals surface area contributed by atoms with Gasteiger partial charge >= 0.3 is 5.97 Å². The van der Waals surface area contributed by atoms with Crippen molar-refractivity contribution >= 4 is 29.1 Å². The number of aliphatic hydroxyl groups is 1. The van der Waals surface area contributed by atoms with E-state index in [1.54, 1.807) is 36.7 Å². The molecule has 0 spiro atoms. The van der Waals surface area contributed by atoms with E-state index >= 15 is 0 Å². The minimum Gasteiger partial charge on any atom is -0.491 e. The summed E-state index contributed by atoms with van der Waals surface area (Å²) in [4.78, 5) is 11.5. The van der Waals surface area contributed by atoms with Crippen molar-refractivity contribution in [1.29, 1.82) is 0 Å². The predicted molar refractivity (Wildman–Crippen MR) is 84.5 cm³/mol. The van der Waals surface area contributed by atoms with Gasteiger partial charge < -0.3 is 14.6 Å². The fraction of sp³-hybridized carbons (Fsp3) is 0.357. The van der Waals surface area contributed by atoms with E-state index in [2.05, 4.69) is 10.2 Å².